The number of fused-ring (bicyclic) bond motifs is 1. The van der Waals surface area contributed by atoms with Crippen LogP contribution in [0.25, 0.3) is 4.96 Å². The first-order valence-corrected chi connectivity index (χ1v) is 10.9. The Labute approximate surface area is 181 Å². The van der Waals surface area contributed by atoms with Crippen LogP contribution in [0.15, 0.2) is 51.9 Å². The van der Waals surface area contributed by atoms with Gasteiger partial charge in [-0.1, -0.05) is 17.3 Å². The predicted molar refractivity (Wildman–Crippen MR) is 114 cm³/mol. The highest BCUT2D eigenvalue weighted by Crippen LogP contribution is 2.20. The highest BCUT2D eigenvalue weighted by Gasteiger charge is 2.34. The maximum Gasteiger partial charge on any atom is 0.266 e. The van der Waals surface area contributed by atoms with Gasteiger partial charge in [0.05, 0.1) is 11.4 Å². The molecular formula is C21H20FN5O3S. The van der Waals surface area contributed by atoms with Gasteiger partial charge in [0.25, 0.3) is 11.5 Å². The van der Waals surface area contributed by atoms with Crippen LogP contribution in [0, 0.1) is 5.82 Å². The van der Waals surface area contributed by atoms with Gasteiger partial charge in [-0.2, -0.15) is 0 Å². The molecule has 0 bridgehead atoms. The van der Waals surface area contributed by atoms with Crippen LogP contribution in [0.1, 0.15) is 17.7 Å². The summed E-state index contributed by atoms with van der Waals surface area (Å²) in [5.41, 5.74) is 1.87. The minimum absolute atomic E-state index is 0.0810. The van der Waals surface area contributed by atoms with E-state index in [1.165, 1.54) is 27.9 Å². The van der Waals surface area contributed by atoms with Crippen LogP contribution in [-0.2, 0) is 16.2 Å². The molecule has 1 amide bonds. The molecule has 2 aliphatic rings. The third kappa shape index (κ3) is 4.08. The fourth-order valence-electron chi connectivity index (χ4n) is 3.88. The van der Waals surface area contributed by atoms with Gasteiger partial charge < -0.3 is 9.74 Å². The van der Waals surface area contributed by atoms with Crippen molar-refractivity contribution in [2.24, 2.45) is 5.16 Å². The Bertz CT molecular complexity index is 1210. The number of aromatic nitrogens is 2. The molecule has 3 aromatic rings. The molecule has 0 spiro atoms. The quantitative estimate of drug-likeness (QED) is 0.616. The number of carbonyl (C=O) groups is 1. The molecule has 5 rings (SSSR count). The van der Waals surface area contributed by atoms with E-state index in [0.29, 0.717) is 55.4 Å². The van der Waals surface area contributed by atoms with Crippen molar-refractivity contribution < 1.29 is 14.0 Å². The zero-order valence-electron chi connectivity index (χ0n) is 16.6. The standard InChI is InChI=1S/C21H20FN5O3S/c22-15-3-1-2-14(10-15)17-12-18(30-24-17)20(29)26-6-4-25(5-7-26)13-16-11-19(28)27-8-9-31-21(27)23-16/h1-3,8-11,18H,4-7,12-13H2. The maximum absolute atomic E-state index is 13.4. The molecule has 1 atom stereocenters. The average molecular weight is 441 g/mol. The van der Waals surface area contributed by atoms with Crippen molar-refractivity contribution in [1.82, 2.24) is 19.2 Å². The van der Waals surface area contributed by atoms with Gasteiger partial charge in [-0.25, -0.2) is 9.37 Å². The summed E-state index contributed by atoms with van der Waals surface area (Å²) >= 11 is 1.43. The van der Waals surface area contributed by atoms with Gasteiger partial charge in [0.2, 0.25) is 6.10 Å². The molecule has 1 unspecified atom stereocenters. The number of halogens is 1. The van der Waals surface area contributed by atoms with Crippen LogP contribution in [-0.4, -0.2) is 63.1 Å². The van der Waals surface area contributed by atoms with Crippen molar-refractivity contribution >= 4 is 27.9 Å². The summed E-state index contributed by atoms with van der Waals surface area (Å²) in [4.78, 5) is 39.5. The molecule has 8 nitrogen and oxygen atoms in total. The second-order valence-corrected chi connectivity index (χ2v) is 8.46. The largest absolute Gasteiger partial charge is 0.382 e. The first-order valence-electron chi connectivity index (χ1n) is 10.0. The van der Waals surface area contributed by atoms with Crippen LogP contribution in [0.5, 0.6) is 0 Å². The molecule has 0 radical (unpaired) electrons. The van der Waals surface area contributed by atoms with E-state index >= 15 is 0 Å². The van der Waals surface area contributed by atoms with Crippen LogP contribution in [0.3, 0.4) is 0 Å². The van der Waals surface area contributed by atoms with Gasteiger partial charge in [0, 0.05) is 62.4 Å². The lowest BCUT2D eigenvalue weighted by molar-refractivity contribution is -0.143. The Morgan fingerprint density at radius 1 is 1.23 bits per heavy atom. The van der Waals surface area contributed by atoms with Crippen LogP contribution in [0.4, 0.5) is 4.39 Å². The Balaban J connectivity index is 1.16. The molecule has 2 aliphatic heterocycles. The minimum atomic E-state index is -0.673. The summed E-state index contributed by atoms with van der Waals surface area (Å²) in [5.74, 6) is -0.451. The number of benzene rings is 1. The third-order valence-corrected chi connectivity index (χ3v) is 6.28. The van der Waals surface area contributed by atoms with E-state index in [4.69, 9.17) is 4.84 Å². The van der Waals surface area contributed by atoms with E-state index in [-0.39, 0.29) is 17.3 Å². The second-order valence-electron chi connectivity index (χ2n) is 7.59. The van der Waals surface area contributed by atoms with Gasteiger partial charge in [-0.15, -0.1) is 11.3 Å². The molecule has 0 aliphatic carbocycles. The smallest absolute Gasteiger partial charge is 0.266 e. The molecule has 0 saturated carbocycles. The zero-order chi connectivity index (χ0) is 21.4. The first kappa shape index (κ1) is 19.8. The lowest BCUT2D eigenvalue weighted by Crippen LogP contribution is -2.51. The fourth-order valence-corrected chi connectivity index (χ4v) is 4.61. The molecule has 1 fully saturated rings. The highest BCUT2D eigenvalue weighted by molar-refractivity contribution is 7.15. The molecule has 2 aromatic heterocycles. The van der Waals surface area contributed by atoms with Crippen molar-refractivity contribution in [2.45, 2.75) is 19.1 Å². The second kappa shape index (κ2) is 8.20. The molecule has 160 valence electrons. The molecule has 0 N–H and O–H groups in total. The normalized spacial score (nSPS) is 19.5. The Hall–Kier alpha value is -3.11. The summed E-state index contributed by atoms with van der Waals surface area (Å²) in [6.07, 6.45) is 1.38. The van der Waals surface area contributed by atoms with E-state index in [0.717, 1.165) is 5.69 Å². The van der Waals surface area contributed by atoms with E-state index in [1.54, 1.807) is 29.3 Å². The number of oxime groups is 1. The summed E-state index contributed by atoms with van der Waals surface area (Å²) in [5, 5.41) is 5.84. The average Bonchev–Trinajstić information content (AvgIpc) is 3.44. The summed E-state index contributed by atoms with van der Waals surface area (Å²) in [6.45, 7) is 3.06. The topological polar surface area (TPSA) is 79.5 Å². The number of piperazine rings is 1. The summed E-state index contributed by atoms with van der Waals surface area (Å²) < 4.78 is 15.0. The van der Waals surface area contributed by atoms with Crippen LogP contribution in [0.2, 0.25) is 0 Å². The number of hydrogen-bond acceptors (Lipinski definition) is 7. The Kier molecular flexibility index (Phi) is 5.24. The predicted octanol–water partition coefficient (Wildman–Crippen LogP) is 1.73. The van der Waals surface area contributed by atoms with Gasteiger partial charge in [-0.05, 0) is 12.1 Å². The van der Waals surface area contributed by atoms with Crippen molar-refractivity contribution in [3.63, 3.8) is 0 Å². The third-order valence-electron chi connectivity index (χ3n) is 5.53. The number of rotatable bonds is 4. The van der Waals surface area contributed by atoms with Crippen LogP contribution >= 0.6 is 11.3 Å². The van der Waals surface area contributed by atoms with Gasteiger partial charge in [0.1, 0.15) is 5.82 Å². The van der Waals surface area contributed by atoms with Gasteiger partial charge >= 0.3 is 0 Å². The Morgan fingerprint density at radius 3 is 2.87 bits per heavy atom. The van der Waals surface area contributed by atoms with E-state index in [2.05, 4.69) is 15.0 Å². The molecular weight excluding hydrogens is 421 g/mol. The number of nitrogens with zero attached hydrogens (tertiary/aromatic N) is 5. The van der Waals surface area contributed by atoms with E-state index in [9.17, 15) is 14.0 Å². The highest BCUT2D eigenvalue weighted by atomic mass is 32.1. The monoisotopic (exact) mass is 441 g/mol. The molecule has 1 aromatic carbocycles. The number of thiazole rings is 1. The fraction of sp³-hybridized carbons (Fsp3) is 0.333. The SMILES string of the molecule is O=C(C1CC(c2cccc(F)c2)=NO1)N1CCN(Cc2cc(=O)n3ccsc3n2)CC1. The minimum Gasteiger partial charge on any atom is -0.382 e. The van der Waals surface area contributed by atoms with Crippen molar-refractivity contribution in [1.29, 1.82) is 0 Å². The summed E-state index contributed by atoms with van der Waals surface area (Å²) in [6, 6.07) is 7.69. The van der Waals surface area contributed by atoms with Crippen molar-refractivity contribution in [2.75, 3.05) is 26.2 Å². The lowest BCUT2D eigenvalue weighted by atomic mass is 10.0. The maximum atomic E-state index is 13.4. The number of amides is 1. The van der Waals surface area contributed by atoms with Gasteiger partial charge in [0.15, 0.2) is 4.96 Å². The molecule has 10 heteroatoms. The van der Waals surface area contributed by atoms with Crippen molar-refractivity contribution in [3.05, 3.63) is 69.3 Å². The Morgan fingerprint density at radius 2 is 2.06 bits per heavy atom. The number of hydrogen-bond donors (Lipinski definition) is 0. The van der Waals surface area contributed by atoms with Crippen molar-refractivity contribution in [3.8, 4) is 0 Å². The van der Waals surface area contributed by atoms with Crippen LogP contribution < -0.4 is 5.56 Å². The lowest BCUT2D eigenvalue weighted by Gasteiger charge is -2.35. The molecule has 1 saturated heterocycles. The molecule has 31 heavy (non-hydrogen) atoms. The summed E-state index contributed by atoms with van der Waals surface area (Å²) in [7, 11) is 0. The zero-order valence-corrected chi connectivity index (χ0v) is 17.4. The van der Waals surface area contributed by atoms with E-state index in [1.807, 2.05) is 5.38 Å². The first-order chi connectivity index (χ1) is 15.1. The molecule has 4 heterocycles. The van der Waals surface area contributed by atoms with E-state index < -0.39 is 6.10 Å². The number of carbonyl (C=O) groups excluding carboxylic acids is 1. The van der Waals surface area contributed by atoms with Gasteiger partial charge in [-0.3, -0.25) is 18.9 Å².